The molecule has 1 saturated carbocycles. The third kappa shape index (κ3) is 5.08. The van der Waals surface area contributed by atoms with E-state index >= 15 is 0 Å². The summed E-state index contributed by atoms with van der Waals surface area (Å²) >= 11 is 0. The van der Waals surface area contributed by atoms with Gasteiger partial charge in [-0.3, -0.25) is 0 Å². The van der Waals surface area contributed by atoms with Crippen LogP contribution in [0.1, 0.15) is 52.7 Å². The topological polar surface area (TPSA) is 46.5 Å². The van der Waals surface area contributed by atoms with E-state index in [1.165, 1.54) is 24.3 Å². The molecular formula is C27H24F4O3. The molecule has 34 heavy (non-hydrogen) atoms. The minimum atomic E-state index is -4.23. The molecule has 1 fully saturated rings. The fourth-order valence-corrected chi connectivity index (χ4v) is 4.78. The summed E-state index contributed by atoms with van der Waals surface area (Å²) in [4.78, 5) is 11.3. The molecular weight excluding hydrogens is 448 g/mol. The number of hydrogen-bond acceptors (Lipinski definition) is 2. The SMILES string of the molecule is O=C(O)c1ccc(C2(c3ccc(OCc4cccc(F)c4)cc3)CCC(C(F)(F)F)CC2)cc1. The Kier molecular flexibility index (Phi) is 6.64. The van der Waals surface area contributed by atoms with E-state index in [1.807, 2.05) is 12.1 Å². The molecule has 0 unspecified atom stereocenters. The molecule has 1 N–H and O–H groups in total. The molecule has 0 bridgehead atoms. The maximum Gasteiger partial charge on any atom is 0.391 e. The number of aromatic carboxylic acids is 1. The number of carboxylic acid groups (broad SMARTS) is 1. The Labute approximate surface area is 195 Å². The van der Waals surface area contributed by atoms with Crippen molar-refractivity contribution >= 4 is 5.97 Å². The predicted octanol–water partition coefficient (Wildman–Crippen LogP) is 7.14. The van der Waals surface area contributed by atoms with E-state index in [9.17, 15) is 27.5 Å². The van der Waals surface area contributed by atoms with Gasteiger partial charge < -0.3 is 9.84 Å². The molecule has 3 nitrogen and oxygen atoms in total. The van der Waals surface area contributed by atoms with Crippen LogP contribution in [0.3, 0.4) is 0 Å². The van der Waals surface area contributed by atoms with Gasteiger partial charge in [0.25, 0.3) is 0 Å². The van der Waals surface area contributed by atoms with E-state index in [1.54, 1.807) is 36.4 Å². The van der Waals surface area contributed by atoms with Crippen LogP contribution in [-0.2, 0) is 12.0 Å². The van der Waals surface area contributed by atoms with E-state index in [0.29, 0.717) is 24.2 Å². The maximum atomic E-state index is 13.4. The van der Waals surface area contributed by atoms with Gasteiger partial charge >= 0.3 is 12.1 Å². The third-order valence-electron chi connectivity index (χ3n) is 6.69. The first-order valence-electron chi connectivity index (χ1n) is 11.1. The zero-order valence-electron chi connectivity index (χ0n) is 18.3. The van der Waals surface area contributed by atoms with Gasteiger partial charge in [0.05, 0.1) is 11.5 Å². The van der Waals surface area contributed by atoms with Crippen molar-refractivity contribution in [2.45, 2.75) is 43.9 Å². The summed E-state index contributed by atoms with van der Waals surface area (Å²) in [5.74, 6) is -2.18. The smallest absolute Gasteiger partial charge is 0.391 e. The summed E-state index contributed by atoms with van der Waals surface area (Å²) in [6.07, 6.45) is -3.63. The van der Waals surface area contributed by atoms with E-state index in [0.717, 1.165) is 11.1 Å². The lowest BCUT2D eigenvalue weighted by atomic mass is 9.63. The van der Waals surface area contributed by atoms with Crippen molar-refractivity contribution in [2.75, 3.05) is 0 Å². The first-order valence-corrected chi connectivity index (χ1v) is 11.1. The van der Waals surface area contributed by atoms with Crippen LogP contribution in [0.2, 0.25) is 0 Å². The van der Waals surface area contributed by atoms with Gasteiger partial charge in [-0.15, -0.1) is 0 Å². The molecule has 0 amide bonds. The number of benzene rings is 3. The molecule has 0 aromatic heterocycles. The standard InChI is InChI=1S/C27H24F4O3/c28-23-3-1-2-18(16-23)17-34-24-10-8-21(9-11-24)26(14-12-22(13-15-26)27(29,30)31)20-6-4-19(5-7-20)25(32)33/h1-11,16,22H,12-15,17H2,(H,32,33). The second-order valence-corrected chi connectivity index (χ2v) is 8.72. The third-order valence-corrected chi connectivity index (χ3v) is 6.69. The van der Waals surface area contributed by atoms with E-state index in [4.69, 9.17) is 4.74 Å². The lowest BCUT2D eigenvalue weighted by molar-refractivity contribution is -0.184. The van der Waals surface area contributed by atoms with Gasteiger partial charge in [0.15, 0.2) is 0 Å². The number of alkyl halides is 3. The Morgan fingerprint density at radius 3 is 2.06 bits per heavy atom. The number of rotatable bonds is 6. The van der Waals surface area contributed by atoms with Gasteiger partial charge in [0.2, 0.25) is 0 Å². The van der Waals surface area contributed by atoms with E-state index in [2.05, 4.69) is 0 Å². The molecule has 4 rings (SSSR count). The van der Waals surface area contributed by atoms with Crippen molar-refractivity contribution in [1.82, 2.24) is 0 Å². The van der Waals surface area contributed by atoms with Crippen LogP contribution in [0, 0.1) is 11.7 Å². The normalized spacial score (nSPS) is 20.6. The Balaban J connectivity index is 1.59. The number of carbonyl (C=O) groups is 1. The van der Waals surface area contributed by atoms with Gasteiger partial charge in [0.1, 0.15) is 18.2 Å². The molecule has 3 aromatic rings. The zero-order valence-corrected chi connectivity index (χ0v) is 18.3. The summed E-state index contributed by atoms with van der Waals surface area (Å²) in [6.45, 7) is 0.187. The van der Waals surface area contributed by atoms with Crippen molar-refractivity contribution < 1.29 is 32.2 Å². The second kappa shape index (κ2) is 9.49. The molecule has 1 aliphatic rings. The van der Waals surface area contributed by atoms with Crippen LogP contribution in [0.5, 0.6) is 5.75 Å². The van der Waals surface area contributed by atoms with Crippen LogP contribution < -0.4 is 4.74 Å². The van der Waals surface area contributed by atoms with Crippen LogP contribution in [0.4, 0.5) is 17.6 Å². The van der Waals surface area contributed by atoms with Crippen molar-refractivity contribution in [3.05, 3.63) is 101 Å². The van der Waals surface area contributed by atoms with E-state index in [-0.39, 0.29) is 30.8 Å². The predicted molar refractivity (Wildman–Crippen MR) is 119 cm³/mol. The number of carboxylic acids is 1. The average molecular weight is 472 g/mol. The molecule has 0 aliphatic heterocycles. The minimum absolute atomic E-state index is 0.00199. The molecule has 0 atom stereocenters. The van der Waals surface area contributed by atoms with E-state index < -0.39 is 23.5 Å². The molecule has 0 saturated heterocycles. The fourth-order valence-electron chi connectivity index (χ4n) is 4.78. The number of hydrogen-bond donors (Lipinski definition) is 1. The lowest BCUT2D eigenvalue weighted by Crippen LogP contribution is -2.37. The van der Waals surface area contributed by atoms with Crippen LogP contribution >= 0.6 is 0 Å². The average Bonchev–Trinajstić information content (AvgIpc) is 2.83. The second-order valence-electron chi connectivity index (χ2n) is 8.72. The Hall–Kier alpha value is -3.35. The van der Waals surface area contributed by atoms with Crippen molar-refractivity contribution in [3.8, 4) is 5.75 Å². The first kappa shape index (κ1) is 23.8. The van der Waals surface area contributed by atoms with Gasteiger partial charge in [-0.1, -0.05) is 36.4 Å². The molecule has 178 valence electrons. The lowest BCUT2D eigenvalue weighted by Gasteiger charge is -2.42. The molecule has 3 aromatic carbocycles. The van der Waals surface area contributed by atoms with Crippen LogP contribution in [-0.4, -0.2) is 17.3 Å². The Morgan fingerprint density at radius 1 is 0.941 bits per heavy atom. The Bertz CT molecular complexity index is 1130. The molecule has 0 heterocycles. The summed E-state index contributed by atoms with van der Waals surface area (Å²) in [6, 6.07) is 19.7. The molecule has 0 spiro atoms. The number of ether oxygens (including phenoxy) is 1. The highest BCUT2D eigenvalue weighted by molar-refractivity contribution is 5.87. The first-order chi connectivity index (χ1) is 16.2. The molecule has 7 heteroatoms. The zero-order chi connectivity index (χ0) is 24.3. The minimum Gasteiger partial charge on any atom is -0.489 e. The number of halogens is 4. The van der Waals surface area contributed by atoms with Crippen LogP contribution in [0.15, 0.2) is 72.8 Å². The van der Waals surface area contributed by atoms with Crippen molar-refractivity contribution in [3.63, 3.8) is 0 Å². The quantitative estimate of drug-likeness (QED) is 0.388. The highest BCUT2D eigenvalue weighted by Gasteiger charge is 2.47. The summed E-state index contributed by atoms with van der Waals surface area (Å²) in [7, 11) is 0. The van der Waals surface area contributed by atoms with Crippen molar-refractivity contribution in [2.24, 2.45) is 5.92 Å². The van der Waals surface area contributed by atoms with Gasteiger partial charge in [-0.05, 0) is 78.8 Å². The van der Waals surface area contributed by atoms with Gasteiger partial charge in [0, 0.05) is 5.41 Å². The summed E-state index contributed by atoms with van der Waals surface area (Å²) < 4.78 is 59.1. The fraction of sp³-hybridized carbons (Fsp3) is 0.296. The summed E-state index contributed by atoms with van der Waals surface area (Å²) in [5.41, 5.74) is 1.81. The largest absolute Gasteiger partial charge is 0.489 e. The van der Waals surface area contributed by atoms with Gasteiger partial charge in [-0.2, -0.15) is 13.2 Å². The van der Waals surface area contributed by atoms with Crippen LogP contribution in [0.25, 0.3) is 0 Å². The summed E-state index contributed by atoms with van der Waals surface area (Å²) in [5, 5.41) is 9.21. The molecule has 0 radical (unpaired) electrons. The monoisotopic (exact) mass is 472 g/mol. The molecule has 1 aliphatic carbocycles. The van der Waals surface area contributed by atoms with Gasteiger partial charge in [-0.25, -0.2) is 9.18 Å². The highest BCUT2D eigenvalue weighted by Crippen LogP contribution is 2.50. The maximum absolute atomic E-state index is 13.4. The highest BCUT2D eigenvalue weighted by atomic mass is 19.4. The van der Waals surface area contributed by atoms with Crippen molar-refractivity contribution in [1.29, 1.82) is 0 Å². The Morgan fingerprint density at radius 2 is 1.53 bits per heavy atom.